The normalized spacial score (nSPS) is 22.2. The average Bonchev–Trinajstić information content (AvgIpc) is 2.28. The number of hydrogen-bond acceptors (Lipinski definition) is 1. The fourth-order valence-electron chi connectivity index (χ4n) is 1.92. The highest BCUT2D eigenvalue weighted by molar-refractivity contribution is 6.30. The van der Waals surface area contributed by atoms with E-state index in [1.807, 2.05) is 6.07 Å². The molecule has 1 aromatic rings. The molecule has 13 heavy (non-hydrogen) atoms. The molecule has 2 heteroatoms. The highest BCUT2D eigenvalue weighted by atomic mass is 35.5. The van der Waals surface area contributed by atoms with Crippen molar-refractivity contribution in [1.82, 2.24) is 5.32 Å². The maximum Gasteiger partial charge on any atom is 0.0408 e. The van der Waals surface area contributed by atoms with Gasteiger partial charge in [0.05, 0.1) is 0 Å². The Labute approximate surface area is 84.1 Å². The van der Waals surface area contributed by atoms with Crippen molar-refractivity contribution in [3.8, 4) is 0 Å². The molecule has 0 fully saturated rings. The van der Waals surface area contributed by atoms with Crippen LogP contribution in [0.3, 0.4) is 0 Å². The molecule has 0 saturated heterocycles. The van der Waals surface area contributed by atoms with E-state index >= 15 is 0 Å². The Hall–Kier alpha value is -0.530. The van der Waals surface area contributed by atoms with Gasteiger partial charge in [-0.3, -0.25) is 0 Å². The van der Waals surface area contributed by atoms with Gasteiger partial charge in [-0.15, -0.1) is 0 Å². The van der Waals surface area contributed by atoms with Crippen molar-refractivity contribution >= 4 is 11.6 Å². The van der Waals surface area contributed by atoms with Gasteiger partial charge in [0.25, 0.3) is 0 Å². The summed E-state index contributed by atoms with van der Waals surface area (Å²) >= 11 is 5.96. The molecule has 1 aromatic carbocycles. The highest BCUT2D eigenvalue weighted by Gasteiger charge is 2.13. The molecule has 1 atom stereocenters. The molecule has 0 unspecified atom stereocenters. The zero-order valence-corrected chi connectivity index (χ0v) is 8.56. The summed E-state index contributed by atoms with van der Waals surface area (Å²) in [6.07, 6.45) is 1.10. The molecular weight excluding hydrogens is 182 g/mol. The third-order valence-electron chi connectivity index (χ3n) is 2.66. The highest BCUT2D eigenvalue weighted by Crippen LogP contribution is 2.24. The number of halogens is 1. The predicted molar refractivity (Wildman–Crippen MR) is 56.4 cm³/mol. The molecule has 0 aliphatic carbocycles. The molecule has 0 radical (unpaired) electrons. The van der Waals surface area contributed by atoms with E-state index in [2.05, 4.69) is 24.4 Å². The van der Waals surface area contributed by atoms with Crippen LogP contribution in [0.25, 0.3) is 0 Å². The van der Waals surface area contributed by atoms with Gasteiger partial charge >= 0.3 is 0 Å². The van der Waals surface area contributed by atoms with Gasteiger partial charge in [0, 0.05) is 11.6 Å². The largest absolute Gasteiger partial charge is 0.316 e. The molecule has 0 saturated carbocycles. The number of nitrogens with one attached hydrogen (secondary N) is 1. The molecule has 0 spiro atoms. The summed E-state index contributed by atoms with van der Waals surface area (Å²) in [7, 11) is 0. The summed E-state index contributed by atoms with van der Waals surface area (Å²) in [5, 5.41) is 4.27. The first-order valence-electron chi connectivity index (χ1n) is 4.76. The van der Waals surface area contributed by atoms with E-state index in [0.29, 0.717) is 5.92 Å². The Morgan fingerprint density at radius 1 is 1.46 bits per heavy atom. The molecular formula is C11H14ClN. The fourth-order valence-corrected chi connectivity index (χ4v) is 2.12. The van der Waals surface area contributed by atoms with E-state index in [9.17, 15) is 0 Å². The van der Waals surface area contributed by atoms with Gasteiger partial charge in [-0.25, -0.2) is 0 Å². The van der Waals surface area contributed by atoms with Crippen LogP contribution in [-0.4, -0.2) is 13.1 Å². The van der Waals surface area contributed by atoms with Crippen molar-refractivity contribution in [3.05, 3.63) is 34.3 Å². The number of fused-ring (bicyclic) bond motifs is 1. The zero-order chi connectivity index (χ0) is 9.26. The van der Waals surface area contributed by atoms with E-state index in [-0.39, 0.29) is 0 Å². The zero-order valence-electron chi connectivity index (χ0n) is 7.81. The Morgan fingerprint density at radius 2 is 2.31 bits per heavy atom. The van der Waals surface area contributed by atoms with Crippen LogP contribution in [-0.2, 0) is 6.42 Å². The molecule has 1 heterocycles. The fraction of sp³-hybridized carbons (Fsp3) is 0.455. The Kier molecular flexibility index (Phi) is 2.56. The van der Waals surface area contributed by atoms with E-state index in [1.54, 1.807) is 0 Å². The summed E-state index contributed by atoms with van der Waals surface area (Å²) in [5.41, 5.74) is 2.86. The van der Waals surface area contributed by atoms with Crippen LogP contribution in [0.5, 0.6) is 0 Å². The van der Waals surface area contributed by atoms with Crippen LogP contribution in [0.15, 0.2) is 18.2 Å². The van der Waals surface area contributed by atoms with E-state index < -0.39 is 0 Å². The Bertz CT molecular complexity index is 309. The van der Waals surface area contributed by atoms with Crippen molar-refractivity contribution in [1.29, 1.82) is 0 Å². The third kappa shape index (κ3) is 1.87. The summed E-state index contributed by atoms with van der Waals surface area (Å²) < 4.78 is 0. The monoisotopic (exact) mass is 195 g/mol. The summed E-state index contributed by atoms with van der Waals surface area (Å²) in [4.78, 5) is 0. The van der Waals surface area contributed by atoms with E-state index in [4.69, 9.17) is 11.6 Å². The molecule has 0 bridgehead atoms. The second-order valence-electron chi connectivity index (χ2n) is 3.70. The van der Waals surface area contributed by atoms with Crippen LogP contribution in [0.4, 0.5) is 0 Å². The molecule has 2 rings (SSSR count). The molecule has 0 aromatic heterocycles. The van der Waals surface area contributed by atoms with Crippen molar-refractivity contribution < 1.29 is 0 Å². The van der Waals surface area contributed by atoms with E-state index in [0.717, 1.165) is 24.5 Å². The van der Waals surface area contributed by atoms with Crippen LogP contribution in [0, 0.1) is 0 Å². The Morgan fingerprint density at radius 3 is 3.15 bits per heavy atom. The average molecular weight is 196 g/mol. The topological polar surface area (TPSA) is 12.0 Å². The first-order chi connectivity index (χ1) is 6.27. The molecule has 1 nitrogen and oxygen atoms in total. The van der Waals surface area contributed by atoms with Crippen LogP contribution >= 0.6 is 11.6 Å². The first-order valence-corrected chi connectivity index (χ1v) is 5.14. The number of hydrogen-bond donors (Lipinski definition) is 1. The van der Waals surface area contributed by atoms with Gasteiger partial charge in [-0.1, -0.05) is 24.6 Å². The lowest BCUT2D eigenvalue weighted by Crippen LogP contribution is -2.18. The van der Waals surface area contributed by atoms with Gasteiger partial charge in [-0.2, -0.15) is 0 Å². The van der Waals surface area contributed by atoms with Crippen LogP contribution in [0.2, 0.25) is 5.02 Å². The van der Waals surface area contributed by atoms with Gasteiger partial charge in [0.1, 0.15) is 0 Å². The maximum atomic E-state index is 5.96. The standard InChI is InChI=1S/C11H14ClN/c1-8-7-13-5-4-9-6-10(12)2-3-11(8)9/h2-3,6,8,13H,4-5,7H2,1H3/t8-/m1/s1. The van der Waals surface area contributed by atoms with Crippen LogP contribution < -0.4 is 5.32 Å². The lowest BCUT2D eigenvalue weighted by Gasteiger charge is -2.11. The first kappa shape index (κ1) is 9.04. The summed E-state index contributed by atoms with van der Waals surface area (Å²) in [5.74, 6) is 0.606. The minimum atomic E-state index is 0.606. The smallest absolute Gasteiger partial charge is 0.0408 e. The lowest BCUT2D eigenvalue weighted by molar-refractivity contribution is 0.644. The van der Waals surface area contributed by atoms with Gasteiger partial charge < -0.3 is 5.32 Å². The second-order valence-corrected chi connectivity index (χ2v) is 4.13. The SMILES string of the molecule is C[C@@H]1CNCCc2cc(Cl)ccc21. The third-order valence-corrected chi connectivity index (χ3v) is 2.89. The van der Waals surface area contributed by atoms with Gasteiger partial charge in [0.2, 0.25) is 0 Å². The molecule has 1 N–H and O–H groups in total. The van der Waals surface area contributed by atoms with Crippen molar-refractivity contribution in [2.75, 3.05) is 13.1 Å². The molecule has 1 aliphatic heterocycles. The van der Waals surface area contributed by atoms with Crippen molar-refractivity contribution in [2.24, 2.45) is 0 Å². The lowest BCUT2D eigenvalue weighted by atomic mass is 9.96. The predicted octanol–water partition coefficient (Wildman–Crippen LogP) is 2.59. The van der Waals surface area contributed by atoms with Gasteiger partial charge in [0.15, 0.2) is 0 Å². The quantitative estimate of drug-likeness (QED) is 0.671. The second kappa shape index (κ2) is 3.69. The minimum absolute atomic E-state index is 0.606. The molecule has 70 valence electrons. The molecule has 1 aliphatic rings. The summed E-state index contributed by atoms with van der Waals surface area (Å²) in [6.45, 7) is 4.40. The Balaban J connectivity index is 2.42. The van der Waals surface area contributed by atoms with Gasteiger partial charge in [-0.05, 0) is 42.1 Å². The van der Waals surface area contributed by atoms with Crippen molar-refractivity contribution in [3.63, 3.8) is 0 Å². The minimum Gasteiger partial charge on any atom is -0.316 e. The maximum absolute atomic E-state index is 5.96. The molecule has 0 amide bonds. The number of benzene rings is 1. The van der Waals surface area contributed by atoms with E-state index in [1.165, 1.54) is 11.1 Å². The van der Waals surface area contributed by atoms with Crippen LogP contribution in [0.1, 0.15) is 24.0 Å². The summed E-state index contributed by atoms with van der Waals surface area (Å²) in [6, 6.07) is 6.25. The van der Waals surface area contributed by atoms with Crippen molar-refractivity contribution in [2.45, 2.75) is 19.3 Å². The number of rotatable bonds is 0.